The first kappa shape index (κ1) is 24.6. The average Bonchev–Trinajstić information content (AvgIpc) is 2.67. The highest BCUT2D eigenvalue weighted by molar-refractivity contribution is 5.89. The molecule has 1 aliphatic rings. The second-order valence-corrected chi connectivity index (χ2v) is 9.73. The van der Waals surface area contributed by atoms with Crippen LogP contribution in [0.5, 0.6) is 0 Å². The number of nitrogens with one attached hydrogen (secondary N) is 2. The predicted molar refractivity (Wildman–Crippen MR) is 123 cm³/mol. The van der Waals surface area contributed by atoms with Crippen molar-refractivity contribution in [2.24, 2.45) is 5.41 Å². The van der Waals surface area contributed by atoms with E-state index in [1.54, 1.807) is 6.92 Å². The third kappa shape index (κ3) is 9.02. The Bertz CT molecular complexity index is 638. The van der Waals surface area contributed by atoms with Crippen LogP contribution in [0.3, 0.4) is 0 Å². The largest absolute Gasteiger partial charge is 0.393 e. The molecule has 2 amide bonds. The predicted octanol–water partition coefficient (Wildman–Crippen LogP) is 4.38. The number of nitrogens with zero attached hydrogens (tertiary/aromatic N) is 1. The molecule has 1 aromatic carbocycles. The lowest BCUT2D eigenvalue weighted by Crippen LogP contribution is -2.39. The van der Waals surface area contributed by atoms with E-state index in [9.17, 15) is 9.90 Å². The molecule has 0 aromatic heterocycles. The lowest BCUT2D eigenvalue weighted by atomic mass is 9.87. The Hall–Kier alpha value is -1.63. The molecule has 0 unspecified atom stereocenters. The summed E-state index contributed by atoms with van der Waals surface area (Å²) in [6, 6.07) is 8.27. The van der Waals surface area contributed by atoms with E-state index in [4.69, 9.17) is 4.74 Å². The van der Waals surface area contributed by atoms with Gasteiger partial charge in [-0.25, -0.2) is 4.79 Å². The van der Waals surface area contributed by atoms with Gasteiger partial charge in [0, 0.05) is 38.0 Å². The summed E-state index contributed by atoms with van der Waals surface area (Å²) >= 11 is 0. The average molecular weight is 420 g/mol. The summed E-state index contributed by atoms with van der Waals surface area (Å²) in [6.45, 7) is 13.5. The first-order valence-corrected chi connectivity index (χ1v) is 11.3. The van der Waals surface area contributed by atoms with E-state index in [-0.39, 0.29) is 17.6 Å². The zero-order chi connectivity index (χ0) is 22.1. The number of anilines is 1. The monoisotopic (exact) mass is 419 g/mol. The van der Waals surface area contributed by atoms with Gasteiger partial charge in [-0.15, -0.1) is 0 Å². The Labute approximate surface area is 182 Å². The molecule has 0 spiro atoms. The number of aliphatic hydroxyl groups is 1. The molecule has 6 heteroatoms. The molecule has 1 saturated heterocycles. The van der Waals surface area contributed by atoms with Gasteiger partial charge in [0.05, 0.1) is 12.2 Å². The van der Waals surface area contributed by atoms with Crippen molar-refractivity contribution in [3.05, 3.63) is 29.8 Å². The van der Waals surface area contributed by atoms with Crippen molar-refractivity contribution in [1.29, 1.82) is 0 Å². The maximum atomic E-state index is 12.2. The van der Waals surface area contributed by atoms with Crippen LogP contribution >= 0.6 is 0 Å². The summed E-state index contributed by atoms with van der Waals surface area (Å²) in [4.78, 5) is 14.7. The van der Waals surface area contributed by atoms with Crippen molar-refractivity contribution in [2.45, 2.75) is 85.1 Å². The molecule has 0 aliphatic carbocycles. The van der Waals surface area contributed by atoms with E-state index in [1.165, 1.54) is 18.4 Å². The van der Waals surface area contributed by atoms with Crippen molar-refractivity contribution in [2.75, 3.05) is 25.0 Å². The van der Waals surface area contributed by atoms with Crippen LogP contribution in [-0.2, 0) is 11.3 Å². The fourth-order valence-corrected chi connectivity index (χ4v) is 3.97. The van der Waals surface area contributed by atoms with E-state index in [1.807, 2.05) is 26.0 Å². The third-order valence-corrected chi connectivity index (χ3v) is 5.62. The summed E-state index contributed by atoms with van der Waals surface area (Å²) < 4.78 is 5.92. The van der Waals surface area contributed by atoms with E-state index >= 15 is 0 Å². The molecule has 30 heavy (non-hydrogen) atoms. The van der Waals surface area contributed by atoms with Crippen LogP contribution in [0.4, 0.5) is 10.5 Å². The summed E-state index contributed by atoms with van der Waals surface area (Å²) in [7, 11) is 0. The molecule has 2 atom stereocenters. The molecule has 0 bridgehead atoms. The van der Waals surface area contributed by atoms with Crippen LogP contribution < -0.4 is 10.6 Å². The first-order valence-electron chi connectivity index (χ1n) is 11.3. The molecule has 1 aliphatic heterocycles. The van der Waals surface area contributed by atoms with Crippen molar-refractivity contribution in [1.82, 2.24) is 10.2 Å². The number of ether oxygens (including phenoxy) is 1. The molecular formula is C24H41N3O3. The number of hydrogen-bond donors (Lipinski definition) is 3. The fraction of sp³-hybridized carbons (Fsp3) is 0.708. The van der Waals surface area contributed by atoms with Gasteiger partial charge in [-0.1, -0.05) is 26.0 Å². The van der Waals surface area contributed by atoms with Crippen LogP contribution in [0.25, 0.3) is 0 Å². The first-order chi connectivity index (χ1) is 14.1. The van der Waals surface area contributed by atoms with Crippen LogP contribution in [0, 0.1) is 5.41 Å². The molecule has 2 rings (SSSR count). The van der Waals surface area contributed by atoms with E-state index < -0.39 is 0 Å². The molecule has 0 saturated carbocycles. The highest BCUT2D eigenvalue weighted by Crippen LogP contribution is 2.21. The second-order valence-electron chi connectivity index (χ2n) is 9.73. The highest BCUT2D eigenvalue weighted by atomic mass is 16.5. The number of hydrogen-bond acceptors (Lipinski definition) is 4. The van der Waals surface area contributed by atoms with E-state index in [2.05, 4.69) is 41.5 Å². The third-order valence-electron chi connectivity index (χ3n) is 5.62. The molecule has 3 N–H and O–H groups in total. The smallest absolute Gasteiger partial charge is 0.319 e. The molecular weight excluding hydrogens is 378 g/mol. The Morgan fingerprint density at radius 3 is 2.50 bits per heavy atom. The zero-order valence-electron chi connectivity index (χ0n) is 19.4. The Morgan fingerprint density at radius 2 is 1.93 bits per heavy atom. The number of carbonyl (C=O) groups is 1. The van der Waals surface area contributed by atoms with Crippen molar-refractivity contribution in [3.8, 4) is 0 Å². The zero-order valence-corrected chi connectivity index (χ0v) is 19.4. The van der Waals surface area contributed by atoms with Crippen LogP contribution in [0.2, 0.25) is 0 Å². The van der Waals surface area contributed by atoms with Gasteiger partial charge in [-0.2, -0.15) is 0 Å². The standard InChI is InChI=1S/C24H41N3O3/c1-18(2)27(16-22-8-6-7-13-30-22)15-20-9-11-21(12-10-20)26-23(29)25-17-24(4,5)14-19(3)28/h9-12,18-19,22,28H,6-8,13-17H2,1-5H3,(H2,25,26,29)/t19-,22-/m1/s1. The quantitative estimate of drug-likeness (QED) is 0.526. The van der Waals surface area contributed by atoms with Gasteiger partial charge in [0.1, 0.15) is 0 Å². The normalized spacial score (nSPS) is 18.5. The number of rotatable bonds is 10. The lowest BCUT2D eigenvalue weighted by molar-refractivity contribution is -0.0129. The minimum Gasteiger partial charge on any atom is -0.393 e. The molecule has 1 aromatic rings. The molecule has 6 nitrogen and oxygen atoms in total. The van der Waals surface area contributed by atoms with Gasteiger partial charge < -0.3 is 20.5 Å². The second kappa shape index (κ2) is 11.7. The van der Waals surface area contributed by atoms with E-state index in [0.29, 0.717) is 25.1 Å². The number of carbonyl (C=O) groups excluding carboxylic acids is 1. The summed E-state index contributed by atoms with van der Waals surface area (Å²) in [5.74, 6) is 0. The summed E-state index contributed by atoms with van der Waals surface area (Å²) in [6.07, 6.45) is 4.18. The minimum absolute atomic E-state index is 0.155. The summed E-state index contributed by atoms with van der Waals surface area (Å²) in [5.41, 5.74) is 1.84. The number of urea groups is 1. The van der Waals surface area contributed by atoms with Crippen molar-refractivity contribution >= 4 is 11.7 Å². The van der Waals surface area contributed by atoms with Gasteiger partial charge in [0.15, 0.2) is 0 Å². The number of benzene rings is 1. The molecule has 1 heterocycles. The minimum atomic E-state index is -0.382. The van der Waals surface area contributed by atoms with Crippen LogP contribution in [-0.4, -0.2) is 54.0 Å². The number of aliphatic hydroxyl groups excluding tert-OH is 1. The number of amides is 2. The lowest BCUT2D eigenvalue weighted by Gasteiger charge is -2.32. The van der Waals surface area contributed by atoms with Crippen molar-refractivity contribution in [3.63, 3.8) is 0 Å². The van der Waals surface area contributed by atoms with Crippen LogP contribution in [0.15, 0.2) is 24.3 Å². The van der Waals surface area contributed by atoms with Gasteiger partial charge in [0.25, 0.3) is 0 Å². The Balaban J connectivity index is 1.83. The Kier molecular flexibility index (Phi) is 9.59. The van der Waals surface area contributed by atoms with E-state index in [0.717, 1.165) is 31.8 Å². The maximum Gasteiger partial charge on any atom is 0.319 e. The van der Waals surface area contributed by atoms with Crippen molar-refractivity contribution < 1.29 is 14.6 Å². The molecule has 170 valence electrons. The maximum absolute atomic E-state index is 12.2. The SMILES string of the molecule is CC(C)N(Cc1ccc(NC(=O)NCC(C)(C)C[C@@H](C)O)cc1)C[C@H]1CCCCO1. The van der Waals surface area contributed by atoms with Gasteiger partial charge in [-0.3, -0.25) is 4.90 Å². The topological polar surface area (TPSA) is 73.8 Å². The fourth-order valence-electron chi connectivity index (χ4n) is 3.97. The highest BCUT2D eigenvalue weighted by Gasteiger charge is 2.21. The molecule has 0 radical (unpaired) electrons. The van der Waals surface area contributed by atoms with Crippen LogP contribution in [0.1, 0.15) is 65.9 Å². The summed E-state index contributed by atoms with van der Waals surface area (Å²) in [5, 5.41) is 15.4. The van der Waals surface area contributed by atoms with Gasteiger partial charge in [-0.05, 0) is 69.6 Å². The van der Waals surface area contributed by atoms with Gasteiger partial charge >= 0.3 is 6.03 Å². The molecule has 1 fully saturated rings. The van der Waals surface area contributed by atoms with Gasteiger partial charge in [0.2, 0.25) is 0 Å². The Morgan fingerprint density at radius 1 is 1.23 bits per heavy atom.